The van der Waals surface area contributed by atoms with Gasteiger partial charge in [0.05, 0.1) is 12.6 Å². The number of aliphatic carboxylic acids is 2. The second-order valence-corrected chi connectivity index (χ2v) is 11.0. The number of rotatable bonds is 23. The first-order chi connectivity index (χ1) is 24.5. The van der Waals surface area contributed by atoms with Crippen LogP contribution >= 0.6 is 0 Å². The average molecular weight is 750 g/mol. The van der Waals surface area contributed by atoms with Gasteiger partial charge in [0, 0.05) is 71.9 Å². The van der Waals surface area contributed by atoms with Crippen molar-refractivity contribution < 1.29 is 48.6 Å². The van der Waals surface area contributed by atoms with Crippen molar-refractivity contribution in [3.05, 3.63) is 0 Å². The number of amides is 2. The Labute approximate surface area is 313 Å². The zero-order valence-corrected chi connectivity index (χ0v) is 34.2. The van der Waals surface area contributed by atoms with Gasteiger partial charge < -0.3 is 37.2 Å². The van der Waals surface area contributed by atoms with Gasteiger partial charge in [-0.1, -0.05) is 48.5 Å². The van der Waals surface area contributed by atoms with E-state index in [2.05, 4.69) is 21.3 Å². The third-order valence-corrected chi connectivity index (χ3v) is 6.52. The third kappa shape index (κ3) is 55.8. The summed E-state index contributed by atoms with van der Waals surface area (Å²) in [5.74, 6) is -1.02. The highest BCUT2D eigenvalue weighted by atomic mass is 16.4. The molecular weight excluding hydrogens is 674 g/mol. The van der Waals surface area contributed by atoms with Gasteiger partial charge in [-0.2, -0.15) is 0 Å². The molecule has 8 N–H and O–H groups in total. The normalized spacial score (nSPS) is 10.4. The summed E-state index contributed by atoms with van der Waals surface area (Å²) in [6.45, 7) is 17.6. The molecule has 2 amide bonds. The quantitative estimate of drug-likeness (QED) is 0.0731. The van der Waals surface area contributed by atoms with Crippen molar-refractivity contribution in [1.29, 1.82) is 0 Å². The van der Waals surface area contributed by atoms with Crippen molar-refractivity contribution in [3.63, 3.8) is 0 Å². The highest BCUT2D eigenvalue weighted by molar-refractivity contribution is 5.88. The lowest BCUT2D eigenvalue weighted by atomic mass is 10.0. The van der Waals surface area contributed by atoms with Crippen molar-refractivity contribution in [2.24, 2.45) is 5.73 Å². The van der Waals surface area contributed by atoms with E-state index in [-0.39, 0.29) is 41.8 Å². The molecule has 2 atom stereocenters. The molecule has 0 aromatic carbocycles. The van der Waals surface area contributed by atoms with Crippen LogP contribution < -0.4 is 27.0 Å². The zero-order valence-electron chi connectivity index (χ0n) is 34.2. The van der Waals surface area contributed by atoms with E-state index >= 15 is 0 Å². The van der Waals surface area contributed by atoms with Crippen LogP contribution in [0.5, 0.6) is 0 Å². The van der Waals surface area contributed by atoms with Crippen molar-refractivity contribution in [2.45, 2.75) is 158 Å². The molecule has 0 aliphatic rings. The van der Waals surface area contributed by atoms with Gasteiger partial charge in [0.2, 0.25) is 11.8 Å². The molecule has 0 radical (unpaired) electrons. The van der Waals surface area contributed by atoms with Crippen LogP contribution in [0.3, 0.4) is 0 Å². The number of hydrogen-bond donors (Lipinski definition) is 7. The highest BCUT2D eigenvalue weighted by Gasteiger charge is 2.16. The Hall–Kier alpha value is -3.56. The molecule has 52 heavy (non-hydrogen) atoms. The number of Topliss-reactive ketones (excluding diaryl/α,β-unsaturated/α-hetero) is 4. The zero-order chi connectivity index (χ0) is 41.9. The summed E-state index contributed by atoms with van der Waals surface area (Å²) in [4.78, 5) is 84.7. The van der Waals surface area contributed by atoms with E-state index in [0.29, 0.717) is 76.7 Å². The monoisotopic (exact) mass is 750 g/mol. The lowest BCUT2D eigenvalue weighted by Crippen LogP contribution is -2.35. The molecule has 0 bridgehead atoms. The SMILES string of the molecule is CC.CCC(=O)CCC(=O)C(CCCNC(C)=O)NC.CCC(=O)CN.CCCC(=O)CC.CCCC(=O)O.CNC(CCCNC(C)=O)C(=O)O. The van der Waals surface area contributed by atoms with Crippen molar-refractivity contribution >= 4 is 46.9 Å². The number of nitrogens with one attached hydrogen (secondary N) is 4. The van der Waals surface area contributed by atoms with Crippen LogP contribution in [-0.2, 0) is 38.4 Å². The number of carbonyl (C=O) groups is 8. The molecular formula is C37H75N5O10. The van der Waals surface area contributed by atoms with E-state index in [0.717, 1.165) is 25.7 Å². The Balaban J connectivity index is -0.000000136. The molecule has 15 heteroatoms. The minimum absolute atomic E-state index is 0.0594. The smallest absolute Gasteiger partial charge is 0.320 e. The van der Waals surface area contributed by atoms with Crippen molar-refractivity contribution in [2.75, 3.05) is 33.7 Å². The summed E-state index contributed by atoms with van der Waals surface area (Å²) >= 11 is 0. The summed E-state index contributed by atoms with van der Waals surface area (Å²) in [7, 11) is 3.35. The minimum atomic E-state index is -0.856. The Kier molecular flexibility index (Phi) is 55.2. The van der Waals surface area contributed by atoms with Crippen LogP contribution in [-0.4, -0.2) is 103 Å². The third-order valence-electron chi connectivity index (χ3n) is 6.52. The minimum Gasteiger partial charge on any atom is -0.481 e. The second kappa shape index (κ2) is 47.4. The van der Waals surface area contributed by atoms with Gasteiger partial charge in [-0.25, -0.2) is 0 Å². The Morgan fingerprint density at radius 3 is 1.19 bits per heavy atom. The van der Waals surface area contributed by atoms with Gasteiger partial charge in [0.1, 0.15) is 29.2 Å². The lowest BCUT2D eigenvalue weighted by molar-refractivity contribution is -0.139. The van der Waals surface area contributed by atoms with Gasteiger partial charge in [-0.15, -0.1) is 0 Å². The summed E-state index contributed by atoms with van der Waals surface area (Å²) < 4.78 is 0. The average Bonchev–Trinajstić information content (AvgIpc) is 3.11. The van der Waals surface area contributed by atoms with Crippen LogP contribution in [0.15, 0.2) is 0 Å². The molecule has 0 fully saturated rings. The molecule has 0 heterocycles. The first kappa shape index (κ1) is 60.5. The molecule has 0 saturated heterocycles. The topological polar surface area (TPSA) is 251 Å². The molecule has 15 nitrogen and oxygen atoms in total. The number of nitrogens with two attached hydrogens (primary N) is 1. The maximum atomic E-state index is 11.8. The molecule has 0 aliphatic heterocycles. The van der Waals surface area contributed by atoms with Gasteiger partial charge in [-0.05, 0) is 52.6 Å². The molecule has 0 aliphatic carbocycles. The van der Waals surface area contributed by atoms with Crippen LogP contribution in [0, 0.1) is 0 Å². The van der Waals surface area contributed by atoms with Crippen LogP contribution in [0.4, 0.5) is 0 Å². The Morgan fingerprint density at radius 1 is 0.577 bits per heavy atom. The van der Waals surface area contributed by atoms with E-state index in [9.17, 15) is 38.4 Å². The molecule has 0 aromatic heterocycles. The number of likely N-dealkylation sites (N-methyl/N-ethyl adjacent to an activating group) is 2. The summed E-state index contributed by atoms with van der Waals surface area (Å²) in [5.41, 5.74) is 4.93. The fourth-order valence-corrected chi connectivity index (χ4v) is 3.43. The number of carbonyl (C=O) groups excluding carboxylic acids is 6. The first-order valence-electron chi connectivity index (χ1n) is 18.5. The van der Waals surface area contributed by atoms with Crippen molar-refractivity contribution in [1.82, 2.24) is 21.3 Å². The van der Waals surface area contributed by atoms with Gasteiger partial charge >= 0.3 is 11.9 Å². The van der Waals surface area contributed by atoms with Gasteiger partial charge in [-0.3, -0.25) is 38.4 Å². The molecule has 308 valence electrons. The first-order valence-corrected chi connectivity index (χ1v) is 18.5. The van der Waals surface area contributed by atoms with E-state index in [1.165, 1.54) is 13.8 Å². The van der Waals surface area contributed by atoms with E-state index in [4.69, 9.17) is 15.9 Å². The van der Waals surface area contributed by atoms with Gasteiger partial charge in [0.25, 0.3) is 0 Å². The highest BCUT2D eigenvalue weighted by Crippen LogP contribution is 2.04. The maximum Gasteiger partial charge on any atom is 0.320 e. The van der Waals surface area contributed by atoms with E-state index in [1.54, 1.807) is 27.9 Å². The molecule has 0 aromatic rings. The lowest BCUT2D eigenvalue weighted by Gasteiger charge is -2.14. The van der Waals surface area contributed by atoms with Gasteiger partial charge in [0.15, 0.2) is 0 Å². The number of carboxylic acids is 2. The van der Waals surface area contributed by atoms with Crippen LogP contribution in [0.2, 0.25) is 0 Å². The fourth-order valence-electron chi connectivity index (χ4n) is 3.43. The predicted octanol–water partition coefficient (Wildman–Crippen LogP) is 3.98. The van der Waals surface area contributed by atoms with Crippen LogP contribution in [0.25, 0.3) is 0 Å². The molecule has 0 rings (SSSR count). The fraction of sp³-hybridized carbons (Fsp3) is 0.784. The second-order valence-electron chi connectivity index (χ2n) is 11.0. The van der Waals surface area contributed by atoms with E-state index < -0.39 is 18.0 Å². The standard InChI is InChI=1S/C13H24N2O3.C8H16N2O3.C6H12O.C4H9NO.C4H8O2.C2H6/c1-4-11(17)7-8-13(18)12(14-3)6-5-9-15-10(2)16;1-6(11)10-5-3-4-7(9-2)8(12)13;1-3-5-6(7)4-2;1-2-4(6)3-5;1-2-3-4(5)6;1-2/h12,14H,4-9H2,1-3H3,(H,15,16);7,9H,3-5H2,1-2H3,(H,10,11)(H,12,13);3-5H2,1-2H3;2-3,5H2,1H3;2-3H2,1H3,(H,5,6);1-2H3. The van der Waals surface area contributed by atoms with E-state index in [1.807, 2.05) is 34.6 Å². The Morgan fingerprint density at radius 2 is 0.962 bits per heavy atom. The summed E-state index contributed by atoms with van der Waals surface area (Å²) in [5, 5.41) is 27.5. The number of hydrogen-bond acceptors (Lipinski definition) is 11. The largest absolute Gasteiger partial charge is 0.481 e. The summed E-state index contributed by atoms with van der Waals surface area (Å²) in [6, 6.07) is -0.739. The molecule has 2 unspecified atom stereocenters. The summed E-state index contributed by atoms with van der Waals surface area (Å²) in [6.07, 6.45) is 7.78. The van der Waals surface area contributed by atoms with Crippen molar-refractivity contribution in [3.8, 4) is 0 Å². The predicted molar refractivity (Wildman–Crippen MR) is 207 cm³/mol. The maximum absolute atomic E-state index is 11.8. The number of carboxylic acid groups (broad SMARTS) is 2. The Bertz CT molecular complexity index is 940. The number of ketones is 4. The van der Waals surface area contributed by atoms with Crippen LogP contribution in [0.1, 0.15) is 146 Å². The molecule has 0 saturated carbocycles. The molecule has 0 spiro atoms.